The molecular formula is C22H33IN6O. The average Bonchev–Trinajstić information content (AvgIpc) is 3.20. The topological polar surface area (TPSA) is 57.9 Å². The molecule has 2 aromatic rings. The molecule has 3 heterocycles. The molecule has 164 valence electrons. The highest BCUT2D eigenvalue weighted by Gasteiger charge is 2.25. The van der Waals surface area contributed by atoms with Gasteiger partial charge < -0.3 is 15.0 Å². The van der Waals surface area contributed by atoms with Gasteiger partial charge in [-0.15, -0.1) is 24.0 Å². The molecule has 0 amide bonds. The van der Waals surface area contributed by atoms with Gasteiger partial charge in [0.1, 0.15) is 6.10 Å². The Hall–Kier alpha value is -1.65. The van der Waals surface area contributed by atoms with Crippen LogP contribution in [0, 0.1) is 0 Å². The molecule has 2 aliphatic heterocycles. The molecule has 1 aromatic heterocycles. The number of nitrogens with one attached hydrogen (secondary N) is 1. The van der Waals surface area contributed by atoms with Crippen LogP contribution < -0.4 is 5.32 Å². The second-order valence-corrected chi connectivity index (χ2v) is 7.88. The number of benzene rings is 1. The molecule has 30 heavy (non-hydrogen) atoms. The number of morpholine rings is 1. The summed E-state index contributed by atoms with van der Waals surface area (Å²) in [6, 6.07) is 8.82. The Morgan fingerprint density at radius 2 is 2.10 bits per heavy atom. The molecule has 0 bridgehead atoms. The first-order valence-corrected chi connectivity index (χ1v) is 10.6. The molecule has 0 radical (unpaired) electrons. The highest BCUT2D eigenvalue weighted by Crippen LogP contribution is 2.21. The van der Waals surface area contributed by atoms with Crippen LogP contribution in [0.3, 0.4) is 0 Å². The molecule has 1 N–H and O–H groups in total. The Labute approximate surface area is 196 Å². The monoisotopic (exact) mass is 524 g/mol. The maximum atomic E-state index is 5.95. The minimum Gasteiger partial charge on any atom is -0.370 e. The zero-order valence-electron chi connectivity index (χ0n) is 18.0. The lowest BCUT2D eigenvalue weighted by atomic mass is 10.00. The lowest BCUT2D eigenvalue weighted by Gasteiger charge is -2.35. The highest BCUT2D eigenvalue weighted by atomic mass is 127. The zero-order chi connectivity index (χ0) is 20.1. The van der Waals surface area contributed by atoms with Gasteiger partial charge in [-0.1, -0.05) is 24.3 Å². The number of guanidine groups is 1. The van der Waals surface area contributed by atoms with Crippen molar-refractivity contribution in [1.29, 1.82) is 0 Å². The van der Waals surface area contributed by atoms with Crippen LogP contribution in [0.1, 0.15) is 29.2 Å². The van der Waals surface area contributed by atoms with Gasteiger partial charge in [-0.3, -0.25) is 14.6 Å². The van der Waals surface area contributed by atoms with Gasteiger partial charge in [0.15, 0.2) is 5.96 Å². The van der Waals surface area contributed by atoms with Crippen molar-refractivity contribution in [3.8, 4) is 0 Å². The number of halogens is 1. The molecule has 4 rings (SSSR count). The van der Waals surface area contributed by atoms with E-state index in [0.717, 1.165) is 63.6 Å². The molecule has 1 saturated heterocycles. The van der Waals surface area contributed by atoms with E-state index in [9.17, 15) is 0 Å². The fourth-order valence-electron chi connectivity index (χ4n) is 4.23. The van der Waals surface area contributed by atoms with Crippen molar-refractivity contribution in [2.75, 3.05) is 46.4 Å². The summed E-state index contributed by atoms with van der Waals surface area (Å²) in [7, 11) is 3.80. The Bertz CT molecular complexity index is 839. The molecule has 1 atom stereocenters. The van der Waals surface area contributed by atoms with E-state index in [1.54, 1.807) is 0 Å². The van der Waals surface area contributed by atoms with Crippen LogP contribution in [0.2, 0.25) is 0 Å². The summed E-state index contributed by atoms with van der Waals surface area (Å²) in [4.78, 5) is 9.35. The maximum absolute atomic E-state index is 5.95. The van der Waals surface area contributed by atoms with Crippen molar-refractivity contribution in [2.45, 2.75) is 25.5 Å². The molecule has 1 fully saturated rings. The number of aromatic nitrogens is 2. The average molecular weight is 524 g/mol. The Morgan fingerprint density at radius 1 is 1.27 bits per heavy atom. The second kappa shape index (κ2) is 11.1. The minimum atomic E-state index is 0. The van der Waals surface area contributed by atoms with Gasteiger partial charge in [-0.2, -0.15) is 5.10 Å². The summed E-state index contributed by atoms with van der Waals surface area (Å²) in [5, 5.41) is 7.82. The zero-order valence-corrected chi connectivity index (χ0v) is 20.3. The molecule has 0 spiro atoms. The third-order valence-corrected chi connectivity index (χ3v) is 5.82. The van der Waals surface area contributed by atoms with E-state index in [1.165, 1.54) is 11.1 Å². The Morgan fingerprint density at radius 3 is 2.87 bits per heavy atom. The number of hydrogen-bond donors (Lipinski definition) is 1. The number of ether oxygens (including phenoxy) is 1. The molecule has 7 nitrogen and oxygen atoms in total. The smallest absolute Gasteiger partial charge is 0.193 e. The number of rotatable bonds is 5. The minimum absolute atomic E-state index is 0. The lowest BCUT2D eigenvalue weighted by molar-refractivity contribution is -0.00802. The summed E-state index contributed by atoms with van der Waals surface area (Å²) in [5.74, 6) is 0.964. The van der Waals surface area contributed by atoms with Gasteiger partial charge in [0.25, 0.3) is 0 Å². The van der Waals surface area contributed by atoms with Gasteiger partial charge in [-0.05, 0) is 24.0 Å². The fraction of sp³-hybridized carbons (Fsp3) is 0.545. The van der Waals surface area contributed by atoms with Crippen LogP contribution in [0.15, 0.2) is 41.7 Å². The first kappa shape index (κ1) is 23.0. The maximum Gasteiger partial charge on any atom is 0.193 e. The Balaban J connectivity index is 0.00000256. The second-order valence-electron chi connectivity index (χ2n) is 7.88. The molecule has 1 aromatic carbocycles. The summed E-state index contributed by atoms with van der Waals surface area (Å²) in [6.45, 7) is 6.63. The third kappa shape index (κ3) is 5.73. The molecule has 0 saturated carbocycles. The number of fused-ring (bicyclic) bond motifs is 1. The van der Waals surface area contributed by atoms with Crippen LogP contribution in [0.25, 0.3) is 0 Å². The van der Waals surface area contributed by atoms with Gasteiger partial charge >= 0.3 is 0 Å². The van der Waals surface area contributed by atoms with Gasteiger partial charge in [0.2, 0.25) is 0 Å². The molecule has 1 unspecified atom stereocenters. The van der Waals surface area contributed by atoms with Gasteiger partial charge in [0, 0.05) is 58.6 Å². The molecule has 0 aliphatic carbocycles. The van der Waals surface area contributed by atoms with E-state index in [-0.39, 0.29) is 30.1 Å². The van der Waals surface area contributed by atoms with Crippen molar-refractivity contribution in [3.05, 3.63) is 53.3 Å². The predicted molar refractivity (Wildman–Crippen MR) is 130 cm³/mol. The van der Waals surface area contributed by atoms with E-state index in [4.69, 9.17) is 4.74 Å². The van der Waals surface area contributed by atoms with Crippen LogP contribution in [-0.2, 0) is 24.8 Å². The number of nitrogens with zero attached hydrogens (tertiary/aromatic N) is 5. The summed E-state index contributed by atoms with van der Waals surface area (Å²) < 4.78 is 7.77. The van der Waals surface area contributed by atoms with Gasteiger partial charge in [-0.25, -0.2) is 0 Å². The van der Waals surface area contributed by atoms with Crippen molar-refractivity contribution in [3.63, 3.8) is 0 Å². The SMILES string of the molecule is CN=C(NCCCN1CCc2ccccc2C1)N1CCOC(c2cnn(C)c2)C1.I. The quantitative estimate of drug-likeness (QED) is 0.282. The number of hydrogen-bond acceptors (Lipinski definition) is 4. The van der Waals surface area contributed by atoms with E-state index in [2.05, 4.69) is 49.5 Å². The van der Waals surface area contributed by atoms with E-state index < -0.39 is 0 Å². The van der Waals surface area contributed by atoms with Crippen LogP contribution in [0.5, 0.6) is 0 Å². The first-order chi connectivity index (χ1) is 14.2. The van der Waals surface area contributed by atoms with Crippen molar-refractivity contribution >= 4 is 29.9 Å². The lowest BCUT2D eigenvalue weighted by Crippen LogP contribution is -2.48. The van der Waals surface area contributed by atoms with Crippen molar-refractivity contribution in [1.82, 2.24) is 24.9 Å². The third-order valence-electron chi connectivity index (χ3n) is 5.82. The molecule has 8 heteroatoms. The van der Waals surface area contributed by atoms with E-state index in [0.29, 0.717) is 6.61 Å². The normalized spacial score (nSPS) is 19.9. The van der Waals surface area contributed by atoms with E-state index in [1.807, 2.05) is 31.2 Å². The van der Waals surface area contributed by atoms with Gasteiger partial charge in [0.05, 0.1) is 19.3 Å². The highest BCUT2D eigenvalue weighted by molar-refractivity contribution is 14.0. The van der Waals surface area contributed by atoms with Crippen molar-refractivity contribution < 1.29 is 4.74 Å². The summed E-state index contributed by atoms with van der Waals surface area (Å²) >= 11 is 0. The molecule has 2 aliphatic rings. The summed E-state index contributed by atoms with van der Waals surface area (Å²) in [5.41, 5.74) is 4.12. The van der Waals surface area contributed by atoms with Crippen LogP contribution >= 0.6 is 24.0 Å². The number of aliphatic imine (C=N–C) groups is 1. The van der Waals surface area contributed by atoms with Crippen molar-refractivity contribution in [2.24, 2.45) is 12.0 Å². The standard InChI is InChI=1S/C22H32N6O.HI/c1-23-22(28-12-13-29-21(17-28)20-14-25-26(2)15-20)24-9-5-10-27-11-8-18-6-3-4-7-19(18)16-27;/h3-4,6-7,14-15,21H,5,8-13,16-17H2,1-2H3,(H,23,24);1H. The van der Waals surface area contributed by atoms with Crippen LogP contribution in [-0.4, -0.2) is 71.9 Å². The first-order valence-electron chi connectivity index (χ1n) is 10.6. The summed E-state index contributed by atoms with van der Waals surface area (Å²) in [6.07, 6.45) is 6.23. The molecular weight excluding hydrogens is 491 g/mol. The van der Waals surface area contributed by atoms with Crippen LogP contribution in [0.4, 0.5) is 0 Å². The largest absolute Gasteiger partial charge is 0.370 e. The fourth-order valence-corrected chi connectivity index (χ4v) is 4.23. The Kier molecular flexibility index (Phi) is 8.52. The van der Waals surface area contributed by atoms with E-state index >= 15 is 0 Å². The number of aryl methyl sites for hydroxylation is 1. The predicted octanol–water partition coefficient (Wildman–Crippen LogP) is 2.44.